The lowest BCUT2D eigenvalue weighted by atomic mass is 9.90. The molecule has 17 heavy (non-hydrogen) atoms. The molecule has 0 radical (unpaired) electrons. The molecule has 98 valence electrons. The van der Waals surface area contributed by atoms with Crippen LogP contribution in [0, 0.1) is 5.41 Å². The van der Waals surface area contributed by atoms with E-state index in [2.05, 4.69) is 0 Å². The number of carbonyl (C=O) groups excluding carboxylic acids is 1. The summed E-state index contributed by atoms with van der Waals surface area (Å²) in [5.41, 5.74) is 4.93. The molecule has 0 aromatic carbocycles. The van der Waals surface area contributed by atoms with Crippen molar-refractivity contribution in [3.05, 3.63) is 0 Å². The van der Waals surface area contributed by atoms with Crippen LogP contribution in [0.2, 0.25) is 0 Å². The molecule has 3 nitrogen and oxygen atoms in total. The third-order valence-corrected chi connectivity index (χ3v) is 4.35. The van der Waals surface area contributed by atoms with Crippen LogP contribution in [0.1, 0.15) is 52.4 Å². The lowest BCUT2D eigenvalue weighted by Crippen LogP contribution is -2.49. The highest BCUT2D eigenvalue weighted by atomic mass is 32.1. The number of hydrogen-bond donors (Lipinski definition) is 1. The number of nitrogens with zero attached hydrogens (tertiary/aromatic N) is 1. The van der Waals surface area contributed by atoms with E-state index < -0.39 is 5.41 Å². The maximum Gasteiger partial charge on any atom is 0.235 e. The second kappa shape index (κ2) is 5.80. The SMILES string of the molecule is CN(C(=O)C(C)(C)C(N)=S)C1CCCCCC1. The standard InChI is InChI=1S/C13H24N2OS/c1-13(2,11(14)17)12(16)15(3)10-8-6-4-5-7-9-10/h10H,4-9H2,1-3H3,(H2,14,17). The first-order valence-corrected chi connectivity index (χ1v) is 6.85. The molecule has 4 heteroatoms. The minimum absolute atomic E-state index is 0.0527. The highest BCUT2D eigenvalue weighted by Crippen LogP contribution is 2.26. The third-order valence-electron chi connectivity index (χ3n) is 3.84. The lowest BCUT2D eigenvalue weighted by Gasteiger charge is -2.34. The highest BCUT2D eigenvalue weighted by Gasteiger charge is 2.35. The first-order chi connectivity index (χ1) is 7.87. The molecule has 0 bridgehead atoms. The molecule has 1 aliphatic rings. The van der Waals surface area contributed by atoms with Gasteiger partial charge in [0.2, 0.25) is 5.91 Å². The van der Waals surface area contributed by atoms with Crippen LogP contribution in [0.3, 0.4) is 0 Å². The summed E-state index contributed by atoms with van der Waals surface area (Å²) in [4.78, 5) is 14.5. The summed E-state index contributed by atoms with van der Waals surface area (Å²) in [5.74, 6) is 0.0527. The molecule has 0 unspecified atom stereocenters. The van der Waals surface area contributed by atoms with E-state index in [1.54, 1.807) is 0 Å². The molecule has 1 rings (SSSR count). The van der Waals surface area contributed by atoms with Crippen LogP contribution >= 0.6 is 12.2 Å². The van der Waals surface area contributed by atoms with Crippen molar-refractivity contribution in [3.8, 4) is 0 Å². The average molecular weight is 256 g/mol. The van der Waals surface area contributed by atoms with Gasteiger partial charge in [0.15, 0.2) is 0 Å². The average Bonchev–Trinajstić information content (AvgIpc) is 2.55. The van der Waals surface area contributed by atoms with Gasteiger partial charge in [-0.2, -0.15) is 0 Å². The van der Waals surface area contributed by atoms with Crippen LogP contribution < -0.4 is 5.73 Å². The molecule has 0 aliphatic heterocycles. The van der Waals surface area contributed by atoms with Gasteiger partial charge in [0.1, 0.15) is 0 Å². The Bertz CT molecular complexity index is 294. The molecule has 1 aliphatic carbocycles. The first kappa shape index (κ1) is 14.4. The van der Waals surface area contributed by atoms with Gasteiger partial charge >= 0.3 is 0 Å². The first-order valence-electron chi connectivity index (χ1n) is 6.44. The number of thiocarbonyl (C=S) groups is 1. The van der Waals surface area contributed by atoms with E-state index in [0.717, 1.165) is 12.8 Å². The zero-order chi connectivity index (χ0) is 13.1. The van der Waals surface area contributed by atoms with Crippen LogP contribution in [-0.2, 0) is 4.79 Å². The quantitative estimate of drug-likeness (QED) is 0.623. The molecule has 0 spiro atoms. The second-order valence-corrected chi connectivity index (χ2v) is 5.99. The van der Waals surface area contributed by atoms with Crippen molar-refractivity contribution in [1.29, 1.82) is 0 Å². The van der Waals surface area contributed by atoms with E-state index in [4.69, 9.17) is 18.0 Å². The molecule has 0 atom stereocenters. The minimum atomic E-state index is -0.726. The third kappa shape index (κ3) is 3.41. The fraction of sp³-hybridized carbons (Fsp3) is 0.846. The summed E-state index contributed by atoms with van der Waals surface area (Å²) in [5, 5.41) is 0. The molecule has 0 aromatic rings. The molecule has 0 aromatic heterocycles. The predicted octanol–water partition coefficient (Wildman–Crippen LogP) is 2.48. The molecule has 2 N–H and O–H groups in total. The highest BCUT2D eigenvalue weighted by molar-refractivity contribution is 7.80. The Morgan fingerprint density at radius 2 is 1.71 bits per heavy atom. The van der Waals surface area contributed by atoms with E-state index >= 15 is 0 Å². The van der Waals surface area contributed by atoms with Gasteiger partial charge < -0.3 is 10.6 Å². The monoisotopic (exact) mass is 256 g/mol. The van der Waals surface area contributed by atoms with Gasteiger partial charge in [0.25, 0.3) is 0 Å². The van der Waals surface area contributed by atoms with Crippen molar-refractivity contribution in [2.75, 3.05) is 7.05 Å². The largest absolute Gasteiger partial charge is 0.392 e. The predicted molar refractivity (Wildman–Crippen MR) is 74.8 cm³/mol. The Hall–Kier alpha value is -0.640. The summed E-state index contributed by atoms with van der Waals surface area (Å²) >= 11 is 4.99. The zero-order valence-corrected chi connectivity index (χ0v) is 12.0. The van der Waals surface area contributed by atoms with Gasteiger partial charge in [-0.15, -0.1) is 0 Å². The summed E-state index contributed by atoms with van der Waals surface area (Å²) in [6, 6.07) is 0.360. The van der Waals surface area contributed by atoms with Crippen LogP contribution in [0.5, 0.6) is 0 Å². The maximum absolute atomic E-state index is 12.4. The van der Waals surface area contributed by atoms with Crippen LogP contribution in [-0.4, -0.2) is 28.9 Å². The number of carbonyl (C=O) groups is 1. The van der Waals surface area contributed by atoms with Gasteiger partial charge in [-0.25, -0.2) is 0 Å². The Morgan fingerprint density at radius 1 is 1.24 bits per heavy atom. The van der Waals surface area contributed by atoms with E-state index in [1.165, 1.54) is 25.7 Å². The fourth-order valence-electron chi connectivity index (χ4n) is 2.36. The minimum Gasteiger partial charge on any atom is -0.392 e. The molecule has 1 amide bonds. The molecule has 1 saturated carbocycles. The van der Waals surface area contributed by atoms with Crippen LogP contribution in [0.4, 0.5) is 0 Å². The Morgan fingerprint density at radius 3 is 2.12 bits per heavy atom. The van der Waals surface area contributed by atoms with E-state index in [-0.39, 0.29) is 10.9 Å². The number of hydrogen-bond acceptors (Lipinski definition) is 2. The normalized spacial score (nSPS) is 18.5. The molecular formula is C13H24N2OS. The summed E-state index contributed by atoms with van der Waals surface area (Å²) < 4.78 is 0. The summed E-state index contributed by atoms with van der Waals surface area (Å²) in [6.07, 6.45) is 7.23. The van der Waals surface area contributed by atoms with Crippen LogP contribution in [0.15, 0.2) is 0 Å². The van der Waals surface area contributed by atoms with Gasteiger partial charge in [0.05, 0.1) is 10.4 Å². The van der Waals surface area contributed by atoms with Crippen molar-refractivity contribution in [2.45, 2.75) is 58.4 Å². The van der Waals surface area contributed by atoms with Crippen molar-refractivity contribution >= 4 is 23.1 Å². The van der Waals surface area contributed by atoms with Crippen molar-refractivity contribution < 1.29 is 4.79 Å². The lowest BCUT2D eigenvalue weighted by molar-refractivity contribution is -0.138. The Labute approximate surface area is 110 Å². The Balaban J connectivity index is 2.71. The topological polar surface area (TPSA) is 46.3 Å². The van der Waals surface area contributed by atoms with E-state index in [1.807, 2.05) is 25.8 Å². The van der Waals surface area contributed by atoms with Crippen molar-refractivity contribution in [2.24, 2.45) is 11.1 Å². The van der Waals surface area contributed by atoms with Gasteiger partial charge in [-0.05, 0) is 26.7 Å². The number of amides is 1. The van der Waals surface area contributed by atoms with Gasteiger partial charge in [-0.3, -0.25) is 4.79 Å². The fourth-order valence-corrected chi connectivity index (χ4v) is 2.44. The number of nitrogens with two attached hydrogens (primary N) is 1. The zero-order valence-electron chi connectivity index (χ0n) is 11.2. The molecule has 0 saturated heterocycles. The van der Waals surface area contributed by atoms with Crippen molar-refractivity contribution in [3.63, 3.8) is 0 Å². The number of rotatable bonds is 3. The van der Waals surface area contributed by atoms with Crippen molar-refractivity contribution in [1.82, 2.24) is 4.90 Å². The van der Waals surface area contributed by atoms with E-state index in [9.17, 15) is 4.79 Å². The van der Waals surface area contributed by atoms with E-state index in [0.29, 0.717) is 6.04 Å². The smallest absolute Gasteiger partial charge is 0.235 e. The molecular weight excluding hydrogens is 232 g/mol. The molecule has 0 heterocycles. The summed E-state index contributed by atoms with van der Waals surface area (Å²) in [6.45, 7) is 3.62. The second-order valence-electron chi connectivity index (χ2n) is 5.55. The van der Waals surface area contributed by atoms with Crippen LogP contribution in [0.25, 0.3) is 0 Å². The van der Waals surface area contributed by atoms with Gasteiger partial charge in [0, 0.05) is 13.1 Å². The molecule has 1 fully saturated rings. The maximum atomic E-state index is 12.4. The summed E-state index contributed by atoms with van der Waals surface area (Å²) in [7, 11) is 1.89. The Kier molecular flexibility index (Phi) is 4.92. The van der Waals surface area contributed by atoms with Gasteiger partial charge in [-0.1, -0.05) is 37.9 Å².